The molecule has 14 heavy (non-hydrogen) atoms. The minimum atomic E-state index is 0.392. The molecule has 0 heterocycles. The highest BCUT2D eigenvalue weighted by atomic mass is 35.5. The quantitative estimate of drug-likeness (QED) is 0.702. The van der Waals surface area contributed by atoms with E-state index >= 15 is 0 Å². The van der Waals surface area contributed by atoms with E-state index < -0.39 is 0 Å². The third-order valence-electron chi connectivity index (χ3n) is 1.93. The van der Waals surface area contributed by atoms with Gasteiger partial charge in [0.1, 0.15) is 6.29 Å². The van der Waals surface area contributed by atoms with Gasteiger partial charge in [0.2, 0.25) is 0 Å². The highest BCUT2D eigenvalue weighted by molar-refractivity contribution is 6.30. The molecule has 0 fully saturated rings. The minimum Gasteiger partial charge on any atom is -0.377 e. The number of carbonyl (C=O) groups is 1. The summed E-state index contributed by atoms with van der Waals surface area (Å²) < 4.78 is 5.29. The van der Waals surface area contributed by atoms with E-state index in [1.807, 2.05) is 25.1 Å². The van der Waals surface area contributed by atoms with Crippen LogP contribution in [-0.2, 0) is 22.6 Å². The Balaban J connectivity index is 2.83. The predicted octanol–water partition coefficient (Wildman–Crippen LogP) is 2.62. The second-order valence-corrected chi connectivity index (χ2v) is 3.36. The Labute approximate surface area is 88.8 Å². The molecule has 0 N–H and O–H groups in total. The van der Waals surface area contributed by atoms with Crippen molar-refractivity contribution in [3.63, 3.8) is 0 Å². The minimum absolute atomic E-state index is 0.392. The third kappa shape index (κ3) is 3.13. The van der Waals surface area contributed by atoms with Crippen LogP contribution in [-0.4, -0.2) is 12.9 Å². The van der Waals surface area contributed by atoms with Gasteiger partial charge in [0.15, 0.2) is 0 Å². The van der Waals surface area contributed by atoms with E-state index in [1.165, 1.54) is 0 Å². The van der Waals surface area contributed by atoms with Crippen molar-refractivity contribution in [2.45, 2.75) is 20.0 Å². The van der Waals surface area contributed by atoms with Crippen LogP contribution in [0.3, 0.4) is 0 Å². The van der Waals surface area contributed by atoms with Gasteiger partial charge in [-0.2, -0.15) is 0 Å². The standard InChI is InChI=1S/C11H13ClO2/c1-2-14-8-10-3-4-11(12)7-9(10)5-6-13/h3-4,6-7H,2,5,8H2,1H3. The Kier molecular flexibility index (Phi) is 4.63. The molecule has 0 aromatic heterocycles. The van der Waals surface area contributed by atoms with Gasteiger partial charge in [-0.1, -0.05) is 17.7 Å². The summed E-state index contributed by atoms with van der Waals surface area (Å²) >= 11 is 5.83. The zero-order valence-corrected chi connectivity index (χ0v) is 8.88. The van der Waals surface area contributed by atoms with Gasteiger partial charge in [-0.3, -0.25) is 0 Å². The van der Waals surface area contributed by atoms with Crippen molar-refractivity contribution < 1.29 is 9.53 Å². The highest BCUT2D eigenvalue weighted by Gasteiger charge is 2.02. The molecule has 0 aliphatic rings. The van der Waals surface area contributed by atoms with Gasteiger partial charge in [0.05, 0.1) is 6.61 Å². The zero-order chi connectivity index (χ0) is 10.4. The van der Waals surface area contributed by atoms with E-state index in [9.17, 15) is 4.79 Å². The van der Waals surface area contributed by atoms with Gasteiger partial charge in [-0.05, 0) is 30.2 Å². The van der Waals surface area contributed by atoms with E-state index in [-0.39, 0.29) is 0 Å². The van der Waals surface area contributed by atoms with Crippen LogP contribution < -0.4 is 0 Å². The lowest BCUT2D eigenvalue weighted by Gasteiger charge is -2.07. The first-order valence-corrected chi connectivity index (χ1v) is 4.94. The van der Waals surface area contributed by atoms with Crippen molar-refractivity contribution in [1.82, 2.24) is 0 Å². The number of ether oxygens (including phenoxy) is 1. The SMILES string of the molecule is CCOCc1ccc(Cl)cc1CC=O. The van der Waals surface area contributed by atoms with Crippen LogP contribution in [0.15, 0.2) is 18.2 Å². The van der Waals surface area contributed by atoms with Crippen LogP contribution in [0.2, 0.25) is 5.02 Å². The fourth-order valence-electron chi connectivity index (χ4n) is 1.23. The lowest BCUT2D eigenvalue weighted by molar-refractivity contribution is -0.107. The van der Waals surface area contributed by atoms with Crippen LogP contribution in [0, 0.1) is 0 Å². The zero-order valence-electron chi connectivity index (χ0n) is 8.13. The molecule has 1 aromatic rings. The fourth-order valence-corrected chi connectivity index (χ4v) is 1.42. The van der Waals surface area contributed by atoms with Crippen molar-refractivity contribution in [2.75, 3.05) is 6.61 Å². The van der Waals surface area contributed by atoms with E-state index in [2.05, 4.69) is 0 Å². The Hall–Kier alpha value is -0.860. The molecule has 1 rings (SSSR count). The van der Waals surface area contributed by atoms with E-state index in [0.29, 0.717) is 24.7 Å². The number of benzene rings is 1. The molecule has 0 unspecified atom stereocenters. The molecule has 1 aromatic carbocycles. The summed E-state index contributed by atoms with van der Waals surface area (Å²) in [5, 5.41) is 0.655. The maximum atomic E-state index is 10.4. The first-order chi connectivity index (χ1) is 6.77. The van der Waals surface area contributed by atoms with Gasteiger partial charge in [-0.15, -0.1) is 0 Å². The van der Waals surface area contributed by atoms with Gasteiger partial charge >= 0.3 is 0 Å². The molecule has 0 saturated heterocycles. The van der Waals surface area contributed by atoms with Crippen molar-refractivity contribution in [1.29, 1.82) is 0 Å². The smallest absolute Gasteiger partial charge is 0.124 e. The molecule has 2 nitrogen and oxygen atoms in total. The molecular formula is C11H13ClO2. The number of hydrogen-bond donors (Lipinski definition) is 0. The molecule has 0 amide bonds. The first-order valence-electron chi connectivity index (χ1n) is 4.56. The van der Waals surface area contributed by atoms with Crippen LogP contribution in [0.4, 0.5) is 0 Å². The summed E-state index contributed by atoms with van der Waals surface area (Å²) in [7, 11) is 0. The maximum Gasteiger partial charge on any atom is 0.124 e. The van der Waals surface area contributed by atoms with Crippen molar-refractivity contribution in [3.05, 3.63) is 34.3 Å². The highest BCUT2D eigenvalue weighted by Crippen LogP contribution is 2.17. The van der Waals surface area contributed by atoms with Crippen LogP contribution >= 0.6 is 11.6 Å². The van der Waals surface area contributed by atoms with E-state index in [0.717, 1.165) is 17.4 Å². The molecule has 3 heteroatoms. The second kappa shape index (κ2) is 5.78. The number of hydrogen-bond acceptors (Lipinski definition) is 2. The van der Waals surface area contributed by atoms with Crippen LogP contribution in [0.25, 0.3) is 0 Å². The molecule has 0 saturated carbocycles. The Morgan fingerprint density at radius 3 is 2.86 bits per heavy atom. The van der Waals surface area contributed by atoms with Gasteiger partial charge < -0.3 is 9.53 Å². The molecule has 0 aliphatic carbocycles. The summed E-state index contributed by atoms with van der Waals surface area (Å²) in [5.41, 5.74) is 1.98. The number of aldehydes is 1. The van der Waals surface area contributed by atoms with Gasteiger partial charge in [-0.25, -0.2) is 0 Å². The average Bonchev–Trinajstić information content (AvgIpc) is 2.17. The van der Waals surface area contributed by atoms with Crippen LogP contribution in [0.5, 0.6) is 0 Å². The fraction of sp³-hybridized carbons (Fsp3) is 0.364. The topological polar surface area (TPSA) is 26.3 Å². The number of rotatable bonds is 5. The van der Waals surface area contributed by atoms with Gasteiger partial charge in [0, 0.05) is 18.1 Å². The number of carbonyl (C=O) groups excluding carboxylic acids is 1. The first kappa shape index (κ1) is 11.2. The molecule has 0 atom stereocenters. The van der Waals surface area contributed by atoms with Crippen LogP contribution in [0.1, 0.15) is 18.1 Å². The summed E-state index contributed by atoms with van der Waals surface area (Å²) in [5.74, 6) is 0. The van der Waals surface area contributed by atoms with Crippen molar-refractivity contribution in [3.8, 4) is 0 Å². The predicted molar refractivity (Wildman–Crippen MR) is 56.6 cm³/mol. The van der Waals surface area contributed by atoms with E-state index in [1.54, 1.807) is 0 Å². The summed E-state index contributed by atoms with van der Waals surface area (Å²) in [6.45, 7) is 3.15. The summed E-state index contributed by atoms with van der Waals surface area (Å²) in [6, 6.07) is 5.52. The Morgan fingerprint density at radius 1 is 1.43 bits per heavy atom. The molecule has 0 spiro atoms. The van der Waals surface area contributed by atoms with Crippen molar-refractivity contribution in [2.24, 2.45) is 0 Å². The average molecular weight is 213 g/mol. The Morgan fingerprint density at radius 2 is 2.21 bits per heavy atom. The molecule has 0 aliphatic heterocycles. The molecule has 76 valence electrons. The molecule has 0 radical (unpaired) electrons. The third-order valence-corrected chi connectivity index (χ3v) is 2.17. The van der Waals surface area contributed by atoms with Gasteiger partial charge in [0.25, 0.3) is 0 Å². The maximum absolute atomic E-state index is 10.4. The molecule has 0 bridgehead atoms. The summed E-state index contributed by atoms with van der Waals surface area (Å²) in [4.78, 5) is 10.4. The summed E-state index contributed by atoms with van der Waals surface area (Å²) in [6.07, 6.45) is 1.27. The molecular weight excluding hydrogens is 200 g/mol. The van der Waals surface area contributed by atoms with Crippen molar-refractivity contribution >= 4 is 17.9 Å². The monoisotopic (exact) mass is 212 g/mol. The van der Waals surface area contributed by atoms with E-state index in [4.69, 9.17) is 16.3 Å². The normalized spacial score (nSPS) is 10.1. The lowest BCUT2D eigenvalue weighted by atomic mass is 10.1. The largest absolute Gasteiger partial charge is 0.377 e. The number of halogens is 1. The lowest BCUT2D eigenvalue weighted by Crippen LogP contribution is -1.98. The second-order valence-electron chi connectivity index (χ2n) is 2.92. The Bertz CT molecular complexity index is 310.